The fourth-order valence-electron chi connectivity index (χ4n) is 3.46. The summed E-state index contributed by atoms with van der Waals surface area (Å²) in [6.45, 7) is 3.00. The topological polar surface area (TPSA) is 26.0 Å². The molecule has 0 radical (unpaired) electrons. The van der Waals surface area contributed by atoms with Gasteiger partial charge in [0, 0.05) is 0 Å². The molecule has 2 rings (SSSR count). The van der Waals surface area contributed by atoms with E-state index in [0.717, 1.165) is 17.5 Å². The molecule has 0 heterocycles. The van der Waals surface area contributed by atoms with Gasteiger partial charge in [-0.1, -0.05) is 61.5 Å². The summed E-state index contributed by atoms with van der Waals surface area (Å²) in [6, 6.07) is 5.98. The van der Waals surface area contributed by atoms with Gasteiger partial charge >= 0.3 is 0 Å². The Hall–Kier alpha value is -0.240. The lowest BCUT2D eigenvalue weighted by molar-refractivity contribution is 0.230. The second kappa shape index (κ2) is 6.97. The van der Waals surface area contributed by atoms with Crippen molar-refractivity contribution in [1.29, 1.82) is 0 Å². The third-order valence-electron chi connectivity index (χ3n) is 4.48. The van der Waals surface area contributed by atoms with Crippen LogP contribution in [0.25, 0.3) is 0 Å². The van der Waals surface area contributed by atoms with Crippen molar-refractivity contribution in [3.05, 3.63) is 33.8 Å². The summed E-state index contributed by atoms with van der Waals surface area (Å²) in [5.74, 6) is 1.83. The Balaban J connectivity index is 2.24. The summed E-state index contributed by atoms with van der Waals surface area (Å²) >= 11 is 12.6. The second-order valence-electron chi connectivity index (χ2n) is 5.71. The lowest BCUT2D eigenvalue weighted by Crippen LogP contribution is -2.29. The van der Waals surface area contributed by atoms with Crippen molar-refractivity contribution in [2.75, 3.05) is 6.54 Å². The van der Waals surface area contributed by atoms with Crippen LogP contribution in [0.1, 0.15) is 50.5 Å². The second-order valence-corrected chi connectivity index (χ2v) is 6.50. The SMILES string of the molecule is CCCC1CCC(CN)C(c2cccc(Cl)c2Cl)C1. The summed E-state index contributed by atoms with van der Waals surface area (Å²) in [5, 5.41) is 1.39. The van der Waals surface area contributed by atoms with Crippen LogP contribution in [0.4, 0.5) is 0 Å². The van der Waals surface area contributed by atoms with Crippen LogP contribution >= 0.6 is 23.2 Å². The molecule has 2 N–H and O–H groups in total. The third-order valence-corrected chi connectivity index (χ3v) is 5.32. The Morgan fingerprint density at radius 3 is 2.74 bits per heavy atom. The first-order valence-electron chi connectivity index (χ1n) is 7.31. The molecule has 1 aliphatic carbocycles. The Labute approximate surface area is 126 Å². The van der Waals surface area contributed by atoms with E-state index in [0.29, 0.717) is 16.9 Å². The van der Waals surface area contributed by atoms with E-state index < -0.39 is 0 Å². The minimum atomic E-state index is 0.474. The molecule has 3 heteroatoms. The molecule has 1 aromatic rings. The molecule has 1 aliphatic rings. The quantitative estimate of drug-likeness (QED) is 0.807. The fraction of sp³-hybridized carbons (Fsp3) is 0.625. The van der Waals surface area contributed by atoms with Crippen LogP contribution in [0.2, 0.25) is 10.0 Å². The Bertz CT molecular complexity index is 419. The van der Waals surface area contributed by atoms with Gasteiger partial charge in [-0.25, -0.2) is 0 Å². The number of hydrogen-bond acceptors (Lipinski definition) is 1. The van der Waals surface area contributed by atoms with Gasteiger partial charge in [0.15, 0.2) is 0 Å². The van der Waals surface area contributed by atoms with E-state index in [2.05, 4.69) is 13.0 Å². The maximum absolute atomic E-state index is 6.40. The lowest BCUT2D eigenvalue weighted by atomic mass is 9.70. The van der Waals surface area contributed by atoms with Crippen molar-refractivity contribution in [2.24, 2.45) is 17.6 Å². The Kier molecular flexibility index (Phi) is 5.56. The van der Waals surface area contributed by atoms with Crippen LogP contribution < -0.4 is 5.73 Å². The van der Waals surface area contributed by atoms with Gasteiger partial charge in [0.2, 0.25) is 0 Å². The van der Waals surface area contributed by atoms with Crippen LogP contribution in [0.5, 0.6) is 0 Å². The van der Waals surface area contributed by atoms with Crippen molar-refractivity contribution >= 4 is 23.2 Å². The van der Waals surface area contributed by atoms with Crippen molar-refractivity contribution in [3.8, 4) is 0 Å². The van der Waals surface area contributed by atoms with Gasteiger partial charge < -0.3 is 5.73 Å². The first-order chi connectivity index (χ1) is 9.17. The number of hydrogen-bond donors (Lipinski definition) is 1. The molecule has 0 aliphatic heterocycles. The van der Waals surface area contributed by atoms with E-state index in [4.69, 9.17) is 28.9 Å². The molecule has 1 aromatic carbocycles. The Morgan fingerprint density at radius 1 is 1.26 bits per heavy atom. The first kappa shape index (κ1) is 15.2. The summed E-state index contributed by atoms with van der Waals surface area (Å²) in [5.41, 5.74) is 7.16. The molecule has 106 valence electrons. The normalized spacial score (nSPS) is 27.5. The fourth-order valence-corrected chi connectivity index (χ4v) is 3.91. The predicted molar refractivity (Wildman–Crippen MR) is 84.0 cm³/mol. The molecule has 0 spiro atoms. The van der Waals surface area contributed by atoms with Crippen LogP contribution in [0.3, 0.4) is 0 Å². The van der Waals surface area contributed by atoms with Crippen LogP contribution in [-0.4, -0.2) is 6.54 Å². The molecule has 19 heavy (non-hydrogen) atoms. The maximum atomic E-state index is 6.40. The summed E-state index contributed by atoms with van der Waals surface area (Å²) in [4.78, 5) is 0. The molecule has 1 saturated carbocycles. The van der Waals surface area contributed by atoms with E-state index in [9.17, 15) is 0 Å². The number of rotatable bonds is 4. The zero-order valence-corrected chi connectivity index (χ0v) is 13.1. The number of nitrogens with two attached hydrogens (primary N) is 1. The molecule has 0 saturated heterocycles. The summed E-state index contributed by atoms with van der Waals surface area (Å²) in [6.07, 6.45) is 6.30. The first-order valence-corrected chi connectivity index (χ1v) is 8.06. The van der Waals surface area contributed by atoms with E-state index in [1.165, 1.54) is 37.7 Å². The minimum absolute atomic E-state index is 0.474. The van der Waals surface area contributed by atoms with E-state index in [-0.39, 0.29) is 0 Å². The van der Waals surface area contributed by atoms with Gasteiger partial charge in [0.05, 0.1) is 10.0 Å². The van der Waals surface area contributed by atoms with Gasteiger partial charge in [-0.3, -0.25) is 0 Å². The molecule has 3 unspecified atom stereocenters. The number of benzene rings is 1. The van der Waals surface area contributed by atoms with Gasteiger partial charge in [-0.2, -0.15) is 0 Å². The summed E-state index contributed by atoms with van der Waals surface area (Å²) in [7, 11) is 0. The molecular weight excluding hydrogens is 277 g/mol. The molecule has 1 fully saturated rings. The van der Waals surface area contributed by atoms with Crippen molar-refractivity contribution in [2.45, 2.75) is 44.9 Å². The molecule has 1 nitrogen and oxygen atoms in total. The summed E-state index contributed by atoms with van der Waals surface area (Å²) < 4.78 is 0. The average molecular weight is 300 g/mol. The number of halogens is 2. The predicted octanol–water partition coefficient (Wildman–Crippen LogP) is 5.25. The van der Waals surface area contributed by atoms with Gasteiger partial charge in [0.1, 0.15) is 0 Å². The highest BCUT2D eigenvalue weighted by molar-refractivity contribution is 6.42. The zero-order valence-electron chi connectivity index (χ0n) is 11.5. The smallest absolute Gasteiger partial charge is 0.0627 e. The van der Waals surface area contributed by atoms with E-state index in [1.807, 2.05) is 12.1 Å². The third kappa shape index (κ3) is 3.45. The Morgan fingerprint density at radius 2 is 2.05 bits per heavy atom. The zero-order chi connectivity index (χ0) is 13.8. The van der Waals surface area contributed by atoms with Crippen molar-refractivity contribution < 1.29 is 0 Å². The van der Waals surface area contributed by atoms with Crippen molar-refractivity contribution in [3.63, 3.8) is 0 Å². The van der Waals surface area contributed by atoms with Gasteiger partial charge in [-0.05, 0) is 48.8 Å². The highest BCUT2D eigenvalue weighted by Gasteiger charge is 2.31. The van der Waals surface area contributed by atoms with E-state index >= 15 is 0 Å². The van der Waals surface area contributed by atoms with Crippen LogP contribution in [0, 0.1) is 11.8 Å². The average Bonchev–Trinajstić information content (AvgIpc) is 2.42. The van der Waals surface area contributed by atoms with Gasteiger partial charge in [0.25, 0.3) is 0 Å². The highest BCUT2D eigenvalue weighted by atomic mass is 35.5. The lowest BCUT2D eigenvalue weighted by Gasteiger charge is -2.36. The van der Waals surface area contributed by atoms with Crippen LogP contribution in [0.15, 0.2) is 18.2 Å². The van der Waals surface area contributed by atoms with Gasteiger partial charge in [-0.15, -0.1) is 0 Å². The van der Waals surface area contributed by atoms with Crippen LogP contribution in [-0.2, 0) is 0 Å². The maximum Gasteiger partial charge on any atom is 0.0627 e. The molecule has 0 aromatic heterocycles. The minimum Gasteiger partial charge on any atom is -0.330 e. The molecule has 0 amide bonds. The monoisotopic (exact) mass is 299 g/mol. The standard InChI is InChI=1S/C16H23Cl2N/c1-2-4-11-7-8-12(10-19)14(9-11)13-5-3-6-15(17)16(13)18/h3,5-6,11-12,14H,2,4,7-10,19H2,1H3. The van der Waals surface area contributed by atoms with E-state index in [1.54, 1.807) is 0 Å². The molecular formula is C16H23Cl2N. The highest BCUT2D eigenvalue weighted by Crippen LogP contribution is 2.44. The molecule has 3 atom stereocenters. The molecule has 0 bridgehead atoms. The van der Waals surface area contributed by atoms with Crippen molar-refractivity contribution in [1.82, 2.24) is 0 Å². The largest absolute Gasteiger partial charge is 0.330 e.